The number of rotatable bonds is 11. The summed E-state index contributed by atoms with van der Waals surface area (Å²) in [6.07, 6.45) is 9.35. The molecule has 0 unspecified atom stereocenters. The number of ketones is 2. The SMILES string of the molecule is CC(=O)N[C@H](CSC[C@@H]1OC(=O)[C@@]2(C1=O)C(=O)[C@@]1(C)[C@@H](C=C[C@H]3[C@H](O)[C@@H](C)[C@H](OC(C)=O)C[C@@H]31)C[C@H]2\C=C/C=C\C=C/C(=O)O)C(=O)O. The van der Waals surface area contributed by atoms with Crippen LogP contribution in [0.5, 0.6) is 0 Å². The van der Waals surface area contributed by atoms with Crippen molar-refractivity contribution in [1.29, 1.82) is 0 Å². The van der Waals surface area contributed by atoms with Gasteiger partial charge in [0.05, 0.1) is 6.10 Å². The quantitative estimate of drug-likeness (QED) is 0.0805. The number of carboxylic acids is 2. The van der Waals surface area contributed by atoms with Crippen molar-refractivity contribution in [2.45, 2.75) is 64.9 Å². The number of aliphatic hydroxyl groups excluding tert-OH is 1. The molecule has 260 valence electrons. The summed E-state index contributed by atoms with van der Waals surface area (Å²) < 4.78 is 11.2. The van der Waals surface area contributed by atoms with Crippen molar-refractivity contribution >= 4 is 53.1 Å². The molecule has 4 aliphatic rings. The number of esters is 2. The van der Waals surface area contributed by atoms with Crippen LogP contribution in [-0.2, 0) is 43.0 Å². The van der Waals surface area contributed by atoms with Gasteiger partial charge in [-0.05, 0) is 24.7 Å². The van der Waals surface area contributed by atoms with E-state index in [1.807, 2.05) is 12.2 Å². The van der Waals surface area contributed by atoms with E-state index in [1.165, 1.54) is 38.2 Å². The topological polar surface area (TPSA) is 211 Å². The van der Waals surface area contributed by atoms with Gasteiger partial charge in [0, 0.05) is 54.6 Å². The smallest absolute Gasteiger partial charge is 0.328 e. The van der Waals surface area contributed by atoms with E-state index in [0.29, 0.717) is 0 Å². The highest BCUT2D eigenvalue weighted by molar-refractivity contribution is 7.99. The highest BCUT2D eigenvalue weighted by Gasteiger charge is 2.74. The van der Waals surface area contributed by atoms with Gasteiger partial charge in [0.1, 0.15) is 12.1 Å². The van der Waals surface area contributed by atoms with Crippen LogP contribution in [0.4, 0.5) is 0 Å². The van der Waals surface area contributed by atoms with Crippen molar-refractivity contribution in [2.24, 2.45) is 40.4 Å². The fourth-order valence-corrected chi connectivity index (χ4v) is 8.84. The van der Waals surface area contributed by atoms with E-state index in [9.17, 15) is 39.0 Å². The minimum Gasteiger partial charge on any atom is -0.480 e. The van der Waals surface area contributed by atoms with E-state index in [-0.39, 0.29) is 24.3 Å². The number of aliphatic carboxylic acids is 2. The standard InChI is InChI=1S/C34H41NO12S/c1-17-25(46-19(3)37)14-23-22(28(17)40)12-11-20-13-21(9-7-5-6-8-10-27(38)39)34(31(44)33(20,23)4)29(41)26(47-32(34)45)16-48-15-24(30(42)43)35-18(2)36/h5-12,17,20-26,28,40H,13-16H2,1-4H3,(H,35,36)(H,38,39)(H,42,43)/b6-5-,9-7-,10-8-/t17-,20-,21+,22+,23-,24+,25+,26-,28+,33-,34-/m0/s1. The summed E-state index contributed by atoms with van der Waals surface area (Å²) in [6.45, 7) is 5.90. The number of amides is 1. The predicted octanol–water partition coefficient (Wildman–Crippen LogP) is 1.89. The Morgan fingerprint density at radius 3 is 2.40 bits per heavy atom. The first-order valence-corrected chi connectivity index (χ1v) is 16.9. The zero-order chi connectivity index (χ0) is 35.6. The van der Waals surface area contributed by atoms with Crippen molar-refractivity contribution < 1.29 is 58.4 Å². The van der Waals surface area contributed by atoms with E-state index in [2.05, 4.69) is 5.32 Å². The minimum absolute atomic E-state index is 0.128. The highest BCUT2D eigenvalue weighted by Crippen LogP contribution is 2.62. The number of hydrogen-bond donors (Lipinski definition) is 4. The van der Waals surface area contributed by atoms with E-state index in [1.54, 1.807) is 19.9 Å². The van der Waals surface area contributed by atoms with Crippen LogP contribution in [0.15, 0.2) is 48.6 Å². The van der Waals surface area contributed by atoms with Crippen LogP contribution < -0.4 is 5.32 Å². The second-order valence-electron chi connectivity index (χ2n) is 13.0. The Morgan fingerprint density at radius 1 is 1.08 bits per heavy atom. The molecule has 11 atom stereocenters. The third-order valence-electron chi connectivity index (χ3n) is 10.2. The van der Waals surface area contributed by atoms with Crippen molar-refractivity contribution in [3.05, 3.63) is 48.6 Å². The monoisotopic (exact) mass is 687 g/mol. The van der Waals surface area contributed by atoms with Gasteiger partial charge in [-0.25, -0.2) is 9.59 Å². The number of carboxylic acid groups (broad SMARTS) is 2. The number of ether oxygens (including phenoxy) is 2. The number of allylic oxidation sites excluding steroid dienone is 6. The van der Waals surface area contributed by atoms with Gasteiger partial charge in [0.15, 0.2) is 23.1 Å². The zero-order valence-corrected chi connectivity index (χ0v) is 27.9. The van der Waals surface area contributed by atoms with Crippen LogP contribution in [0, 0.1) is 40.4 Å². The van der Waals surface area contributed by atoms with Crippen LogP contribution >= 0.6 is 11.8 Å². The fourth-order valence-electron chi connectivity index (χ4n) is 7.81. The summed E-state index contributed by atoms with van der Waals surface area (Å²) in [4.78, 5) is 89.2. The molecular weight excluding hydrogens is 646 g/mol. The Balaban J connectivity index is 1.72. The zero-order valence-electron chi connectivity index (χ0n) is 27.1. The Bertz CT molecular complexity index is 1480. The third kappa shape index (κ3) is 6.77. The molecule has 4 rings (SSSR count). The molecule has 48 heavy (non-hydrogen) atoms. The lowest BCUT2D eigenvalue weighted by atomic mass is 9.43. The average Bonchev–Trinajstić information content (AvgIpc) is 3.25. The summed E-state index contributed by atoms with van der Waals surface area (Å²) in [5.74, 6) is -9.15. The number of carbonyl (C=O) groups excluding carboxylic acids is 5. The average molecular weight is 688 g/mol. The number of hydrogen-bond acceptors (Lipinski definition) is 11. The number of thioether (sulfide) groups is 1. The molecule has 1 spiro atoms. The molecule has 1 heterocycles. The van der Waals surface area contributed by atoms with Crippen molar-refractivity contribution in [3.63, 3.8) is 0 Å². The Morgan fingerprint density at radius 2 is 1.77 bits per heavy atom. The van der Waals surface area contributed by atoms with Crippen molar-refractivity contribution in [3.8, 4) is 0 Å². The molecule has 0 aromatic heterocycles. The van der Waals surface area contributed by atoms with Crippen LogP contribution in [0.1, 0.15) is 40.5 Å². The van der Waals surface area contributed by atoms with E-state index in [0.717, 1.165) is 17.8 Å². The third-order valence-corrected chi connectivity index (χ3v) is 11.3. The lowest BCUT2D eigenvalue weighted by Gasteiger charge is -2.58. The van der Waals surface area contributed by atoms with Gasteiger partial charge in [0.2, 0.25) is 5.91 Å². The van der Waals surface area contributed by atoms with Gasteiger partial charge in [-0.2, -0.15) is 11.8 Å². The summed E-state index contributed by atoms with van der Waals surface area (Å²) in [5.41, 5.74) is -3.58. The molecular formula is C34H41NO12S. The van der Waals surface area contributed by atoms with Gasteiger partial charge >= 0.3 is 23.9 Å². The molecule has 3 aliphatic carbocycles. The fraction of sp³-hybridized carbons (Fsp3) is 0.559. The molecule has 13 nitrogen and oxygen atoms in total. The van der Waals surface area contributed by atoms with Crippen LogP contribution in [0.3, 0.4) is 0 Å². The first-order valence-electron chi connectivity index (χ1n) is 15.7. The number of fused-ring (bicyclic) bond motifs is 3. The van der Waals surface area contributed by atoms with E-state index < -0.39 is 106 Å². The highest BCUT2D eigenvalue weighted by atomic mass is 32.2. The van der Waals surface area contributed by atoms with Gasteiger partial charge in [-0.1, -0.05) is 56.4 Å². The Kier molecular flexibility index (Phi) is 11.2. The van der Waals surface area contributed by atoms with E-state index in [4.69, 9.17) is 14.6 Å². The maximum atomic E-state index is 15.1. The molecule has 4 N–H and O–H groups in total. The number of carbonyl (C=O) groups is 7. The summed E-state index contributed by atoms with van der Waals surface area (Å²) >= 11 is 0.978. The van der Waals surface area contributed by atoms with Crippen LogP contribution in [0.25, 0.3) is 0 Å². The summed E-state index contributed by atoms with van der Waals surface area (Å²) in [5, 5.41) is 31.9. The van der Waals surface area contributed by atoms with Crippen LogP contribution in [-0.4, -0.2) is 92.5 Å². The summed E-state index contributed by atoms with van der Waals surface area (Å²) in [6, 6.07) is -1.25. The molecule has 1 amide bonds. The van der Waals surface area contributed by atoms with Crippen LogP contribution in [0.2, 0.25) is 0 Å². The molecule has 0 aromatic carbocycles. The van der Waals surface area contributed by atoms with Gasteiger partial charge in [0.25, 0.3) is 0 Å². The molecule has 3 fully saturated rings. The Hall–Kier alpha value is -4.04. The number of nitrogens with one attached hydrogen (secondary N) is 1. The maximum Gasteiger partial charge on any atom is 0.328 e. The summed E-state index contributed by atoms with van der Waals surface area (Å²) in [7, 11) is 0. The van der Waals surface area contributed by atoms with Gasteiger partial charge < -0.3 is 30.1 Å². The molecule has 1 aliphatic heterocycles. The molecule has 0 aromatic rings. The largest absolute Gasteiger partial charge is 0.480 e. The molecule has 1 saturated heterocycles. The van der Waals surface area contributed by atoms with E-state index >= 15 is 4.79 Å². The molecule has 14 heteroatoms. The first-order chi connectivity index (χ1) is 22.6. The van der Waals surface area contributed by atoms with Crippen molar-refractivity contribution in [2.75, 3.05) is 11.5 Å². The predicted molar refractivity (Wildman–Crippen MR) is 171 cm³/mol. The normalized spacial score (nSPS) is 36.6. The van der Waals surface area contributed by atoms with Crippen molar-refractivity contribution in [1.82, 2.24) is 5.32 Å². The van der Waals surface area contributed by atoms with Gasteiger partial charge in [-0.3, -0.25) is 24.0 Å². The first kappa shape index (κ1) is 36.8. The minimum atomic E-state index is -2.25. The van der Waals surface area contributed by atoms with Gasteiger partial charge in [-0.15, -0.1) is 0 Å². The maximum absolute atomic E-state index is 15.1. The Labute approximate surface area is 281 Å². The number of Topliss-reactive ketones (excluding diaryl/α,β-unsaturated/α-hetero) is 2. The molecule has 2 saturated carbocycles. The number of cyclic esters (lactones) is 1. The second kappa shape index (κ2) is 14.6. The second-order valence-corrected chi connectivity index (χ2v) is 14.1. The number of aliphatic hydroxyl groups is 1. The lowest BCUT2D eigenvalue weighted by Crippen LogP contribution is -2.66. The lowest BCUT2D eigenvalue weighted by molar-refractivity contribution is -0.180. The molecule has 0 bridgehead atoms. The molecule has 0 radical (unpaired) electrons.